The monoisotopic (exact) mass is 176 g/mol. The first kappa shape index (κ1) is 8.87. The Balaban J connectivity index is 2.13. The second-order valence-electron chi connectivity index (χ2n) is 3.18. The van der Waals surface area contributed by atoms with E-state index >= 15 is 0 Å². The summed E-state index contributed by atoms with van der Waals surface area (Å²) in [7, 11) is 0.293. The Hall–Kier alpha value is 0.780. The van der Waals surface area contributed by atoms with E-state index in [0.29, 0.717) is 7.12 Å². The average Bonchev–Trinajstić information content (AvgIpc) is 1.88. The molecule has 0 heterocycles. The van der Waals surface area contributed by atoms with Crippen LogP contribution in [0.2, 0.25) is 0 Å². The van der Waals surface area contributed by atoms with Gasteiger partial charge in [0.15, 0.2) is 0 Å². The van der Waals surface area contributed by atoms with Crippen LogP contribution in [0.15, 0.2) is 0 Å². The molecule has 0 atom stereocenters. The van der Waals surface area contributed by atoms with Crippen molar-refractivity contribution in [2.24, 2.45) is 0 Å². The van der Waals surface area contributed by atoms with Crippen LogP contribution in [0.4, 0.5) is 0 Å². The quantitative estimate of drug-likeness (QED) is 0.578. The summed E-state index contributed by atoms with van der Waals surface area (Å²) in [5, 5.41) is 1.02. The molecule has 0 aliphatic heterocycles. The van der Waals surface area contributed by atoms with Gasteiger partial charge in [-0.2, -0.15) is 0 Å². The molecule has 60 valence electrons. The summed E-state index contributed by atoms with van der Waals surface area (Å²) >= 11 is 2.24. The fourth-order valence-electron chi connectivity index (χ4n) is 1.47. The Morgan fingerprint density at radius 2 is 1.70 bits per heavy atom. The van der Waals surface area contributed by atoms with Crippen molar-refractivity contribution in [2.45, 2.75) is 37.4 Å². The molecular weight excluding hydrogens is 159 g/mol. The van der Waals surface area contributed by atoms with Crippen molar-refractivity contribution in [2.75, 3.05) is 13.3 Å². The Labute approximate surface area is 69.7 Å². The van der Waals surface area contributed by atoms with Crippen LogP contribution in [0.3, 0.4) is 0 Å². The largest absolute Gasteiger partial charge is 0.131 e. The highest BCUT2D eigenvalue weighted by Gasteiger charge is 2.14. The van der Waals surface area contributed by atoms with E-state index < -0.39 is 0 Å². The van der Waals surface area contributed by atoms with Gasteiger partial charge in [-0.05, 0) is 26.2 Å². The Morgan fingerprint density at radius 1 is 1.10 bits per heavy atom. The first-order valence-electron chi connectivity index (χ1n) is 4.13. The van der Waals surface area contributed by atoms with Crippen molar-refractivity contribution in [3.63, 3.8) is 0 Å². The van der Waals surface area contributed by atoms with Crippen molar-refractivity contribution in [3.05, 3.63) is 0 Å². The zero-order chi connectivity index (χ0) is 7.40. The lowest BCUT2D eigenvalue weighted by Crippen LogP contribution is -2.06. The lowest BCUT2D eigenvalue weighted by atomic mass is 10.0. The highest BCUT2D eigenvalue weighted by atomic mass is 32.7. The minimum absolute atomic E-state index is 0.293. The van der Waals surface area contributed by atoms with E-state index in [-0.39, 0.29) is 0 Å². The molecule has 0 unspecified atom stereocenters. The first-order valence-corrected chi connectivity index (χ1v) is 7.85. The molecule has 0 aromatic heterocycles. The Kier molecular flexibility index (Phi) is 4.10. The molecule has 0 aromatic rings. The summed E-state index contributed by atoms with van der Waals surface area (Å²) in [6.07, 6.45) is 7.44. The molecule has 0 aromatic carbocycles. The van der Waals surface area contributed by atoms with E-state index in [9.17, 15) is 0 Å². The molecular formula is C8H17PS. The van der Waals surface area contributed by atoms with Gasteiger partial charge in [-0.25, -0.2) is 0 Å². The maximum Gasteiger partial charge on any atom is 0.00884 e. The van der Waals surface area contributed by atoms with Crippen molar-refractivity contribution < 1.29 is 0 Å². The minimum atomic E-state index is 0.293. The van der Waals surface area contributed by atoms with Crippen LogP contribution in [-0.4, -0.2) is 18.6 Å². The summed E-state index contributed by atoms with van der Waals surface area (Å²) in [5.74, 6) is 0. The van der Waals surface area contributed by atoms with E-state index in [1.54, 1.807) is 0 Å². The lowest BCUT2D eigenvalue weighted by Gasteiger charge is -2.22. The van der Waals surface area contributed by atoms with Crippen LogP contribution in [-0.2, 0) is 0 Å². The van der Waals surface area contributed by atoms with E-state index in [2.05, 4.69) is 24.7 Å². The highest BCUT2D eigenvalue weighted by Crippen LogP contribution is 2.48. The van der Waals surface area contributed by atoms with Crippen molar-refractivity contribution in [1.82, 2.24) is 0 Å². The number of hydrogen-bond donors (Lipinski definition) is 0. The molecule has 0 nitrogen and oxygen atoms in total. The smallest absolute Gasteiger partial charge is 0.00884 e. The zero-order valence-corrected chi connectivity index (χ0v) is 8.68. The molecule has 1 aliphatic carbocycles. The van der Waals surface area contributed by atoms with E-state index in [1.807, 2.05) is 0 Å². The van der Waals surface area contributed by atoms with Gasteiger partial charge in [0.25, 0.3) is 0 Å². The molecule has 1 rings (SSSR count). The molecule has 2 heteroatoms. The molecule has 1 saturated carbocycles. The van der Waals surface area contributed by atoms with E-state index in [1.165, 1.54) is 32.1 Å². The molecule has 0 saturated heterocycles. The maximum atomic E-state index is 2.37. The van der Waals surface area contributed by atoms with Gasteiger partial charge in [0.2, 0.25) is 0 Å². The highest BCUT2D eigenvalue weighted by molar-refractivity contribution is 8.55. The molecule has 1 fully saturated rings. The van der Waals surface area contributed by atoms with Crippen LogP contribution in [0, 0.1) is 0 Å². The molecule has 0 spiro atoms. The zero-order valence-electron chi connectivity index (χ0n) is 6.97. The molecule has 0 N–H and O–H groups in total. The molecule has 10 heavy (non-hydrogen) atoms. The van der Waals surface area contributed by atoms with Crippen molar-refractivity contribution >= 4 is 18.5 Å². The predicted octanol–water partition coefficient (Wildman–Crippen LogP) is 3.71. The van der Waals surface area contributed by atoms with Crippen molar-refractivity contribution in [1.29, 1.82) is 0 Å². The summed E-state index contributed by atoms with van der Waals surface area (Å²) in [5.41, 5.74) is 0. The van der Waals surface area contributed by atoms with Gasteiger partial charge in [0.05, 0.1) is 0 Å². The third kappa shape index (κ3) is 3.25. The Bertz CT molecular complexity index is 87.3. The van der Waals surface area contributed by atoms with Crippen LogP contribution < -0.4 is 0 Å². The van der Waals surface area contributed by atoms with Gasteiger partial charge in [-0.1, -0.05) is 26.4 Å². The normalized spacial score (nSPS) is 21.9. The summed E-state index contributed by atoms with van der Waals surface area (Å²) in [6, 6.07) is 0. The summed E-state index contributed by atoms with van der Waals surface area (Å²) in [4.78, 5) is 0. The van der Waals surface area contributed by atoms with Gasteiger partial charge in [-0.15, -0.1) is 11.4 Å². The fraction of sp³-hybridized carbons (Fsp3) is 1.00. The summed E-state index contributed by atoms with van der Waals surface area (Å²) < 4.78 is 0. The predicted molar refractivity (Wildman–Crippen MR) is 53.2 cm³/mol. The topological polar surface area (TPSA) is 0 Å². The second-order valence-corrected chi connectivity index (χ2v) is 8.50. The first-order chi connectivity index (χ1) is 4.79. The van der Waals surface area contributed by atoms with Crippen LogP contribution >= 0.6 is 18.5 Å². The maximum absolute atomic E-state index is 2.37. The number of hydrogen-bond acceptors (Lipinski definition) is 1. The second kappa shape index (κ2) is 4.62. The van der Waals surface area contributed by atoms with Gasteiger partial charge in [-0.3, -0.25) is 0 Å². The number of rotatable bonds is 2. The van der Waals surface area contributed by atoms with Gasteiger partial charge in [0.1, 0.15) is 0 Å². The average molecular weight is 176 g/mol. The van der Waals surface area contributed by atoms with E-state index in [0.717, 1.165) is 5.25 Å². The molecule has 0 amide bonds. The lowest BCUT2D eigenvalue weighted by molar-refractivity contribution is 0.517. The minimum Gasteiger partial charge on any atom is -0.131 e. The third-order valence-corrected chi connectivity index (χ3v) is 5.26. The fourth-order valence-corrected chi connectivity index (χ4v) is 5.03. The third-order valence-electron chi connectivity index (χ3n) is 1.91. The van der Waals surface area contributed by atoms with Gasteiger partial charge in [0, 0.05) is 5.25 Å². The Morgan fingerprint density at radius 3 is 2.20 bits per heavy atom. The molecule has 0 bridgehead atoms. The molecule has 1 aliphatic rings. The van der Waals surface area contributed by atoms with Crippen LogP contribution in [0.1, 0.15) is 32.1 Å². The summed E-state index contributed by atoms with van der Waals surface area (Å²) in [6.45, 7) is 4.74. The van der Waals surface area contributed by atoms with Crippen molar-refractivity contribution in [3.8, 4) is 0 Å². The standard InChI is InChI=1S/C8H17PS/c1-9(2)10-8-6-4-3-5-7-8/h8H,3-7H2,1-2H3. The van der Waals surface area contributed by atoms with Gasteiger partial charge >= 0.3 is 0 Å². The van der Waals surface area contributed by atoms with Gasteiger partial charge < -0.3 is 0 Å². The van der Waals surface area contributed by atoms with E-state index in [4.69, 9.17) is 0 Å². The van der Waals surface area contributed by atoms with Crippen LogP contribution in [0.5, 0.6) is 0 Å². The molecule has 0 radical (unpaired) electrons. The van der Waals surface area contributed by atoms with Crippen LogP contribution in [0.25, 0.3) is 0 Å². The SMILES string of the molecule is CP(C)SC1CCCCC1.